The fraction of sp³-hybridized carbons (Fsp3) is 0.588. The van der Waals surface area contributed by atoms with E-state index in [9.17, 15) is 4.79 Å². The van der Waals surface area contributed by atoms with Crippen molar-refractivity contribution in [2.75, 3.05) is 20.1 Å². The molecule has 0 radical (unpaired) electrons. The lowest BCUT2D eigenvalue weighted by Gasteiger charge is -2.37. The zero-order valence-electron chi connectivity index (χ0n) is 12.9. The van der Waals surface area contributed by atoms with Crippen LogP contribution in [0.2, 0.25) is 0 Å². The lowest BCUT2D eigenvalue weighted by molar-refractivity contribution is -0.123. The number of benzene rings is 1. The lowest BCUT2D eigenvalue weighted by Crippen LogP contribution is -2.46. The molecule has 0 aromatic heterocycles. The molecular formula is C17H27N3O. The maximum absolute atomic E-state index is 12.1. The van der Waals surface area contributed by atoms with Crippen molar-refractivity contribution in [3.8, 4) is 0 Å². The number of nitrogens with zero attached hydrogens (tertiary/aromatic N) is 1. The van der Waals surface area contributed by atoms with Gasteiger partial charge in [-0.25, -0.2) is 0 Å². The van der Waals surface area contributed by atoms with Gasteiger partial charge in [-0.3, -0.25) is 9.69 Å². The Hall–Kier alpha value is -1.39. The summed E-state index contributed by atoms with van der Waals surface area (Å²) in [6.45, 7) is 1.77. The van der Waals surface area contributed by atoms with Crippen molar-refractivity contribution in [2.24, 2.45) is 11.7 Å². The molecular weight excluding hydrogens is 262 g/mol. The standard InChI is InChI=1S/C17H27N3O/c1-20(16-10-6-5-9-15(16)11-18)13-17(21)19-12-14-7-3-2-4-8-14/h2-4,7-8,15-16H,5-6,9-13,18H2,1H3,(H,19,21). The zero-order chi connectivity index (χ0) is 15.1. The molecule has 1 aromatic carbocycles. The van der Waals surface area contributed by atoms with Gasteiger partial charge in [0.1, 0.15) is 0 Å². The van der Waals surface area contributed by atoms with Crippen LogP contribution in [0.4, 0.5) is 0 Å². The van der Waals surface area contributed by atoms with Crippen LogP contribution in [0, 0.1) is 5.92 Å². The van der Waals surface area contributed by atoms with Gasteiger partial charge in [0.25, 0.3) is 0 Å². The van der Waals surface area contributed by atoms with Crippen LogP contribution in [-0.2, 0) is 11.3 Å². The molecule has 0 spiro atoms. The molecule has 0 heterocycles. The Labute approximate surface area is 127 Å². The van der Waals surface area contributed by atoms with Crippen molar-refractivity contribution in [1.82, 2.24) is 10.2 Å². The van der Waals surface area contributed by atoms with Gasteiger partial charge in [-0.1, -0.05) is 43.2 Å². The predicted molar refractivity (Wildman–Crippen MR) is 85.7 cm³/mol. The molecule has 3 N–H and O–H groups in total. The third kappa shape index (κ3) is 4.83. The molecule has 2 unspecified atom stereocenters. The molecule has 2 atom stereocenters. The smallest absolute Gasteiger partial charge is 0.234 e. The van der Waals surface area contributed by atoms with Gasteiger partial charge >= 0.3 is 0 Å². The maximum Gasteiger partial charge on any atom is 0.234 e. The number of hydrogen-bond acceptors (Lipinski definition) is 3. The molecule has 0 aliphatic heterocycles. The number of nitrogens with one attached hydrogen (secondary N) is 1. The Morgan fingerprint density at radius 2 is 2.00 bits per heavy atom. The fourth-order valence-corrected chi connectivity index (χ4v) is 3.24. The summed E-state index contributed by atoms with van der Waals surface area (Å²) in [6, 6.07) is 10.5. The number of carbonyl (C=O) groups is 1. The van der Waals surface area contributed by atoms with Crippen LogP contribution in [0.25, 0.3) is 0 Å². The number of nitrogens with two attached hydrogens (primary N) is 1. The highest BCUT2D eigenvalue weighted by molar-refractivity contribution is 5.78. The third-order valence-electron chi connectivity index (χ3n) is 4.46. The minimum atomic E-state index is 0.0858. The molecule has 4 heteroatoms. The van der Waals surface area contributed by atoms with Gasteiger partial charge in [0.2, 0.25) is 5.91 Å². The molecule has 21 heavy (non-hydrogen) atoms. The summed E-state index contributed by atoms with van der Waals surface area (Å²) in [5.41, 5.74) is 7.00. The molecule has 0 saturated heterocycles. The zero-order valence-corrected chi connectivity index (χ0v) is 12.9. The Bertz CT molecular complexity index is 435. The number of rotatable bonds is 6. The van der Waals surface area contributed by atoms with Gasteiger partial charge in [0.15, 0.2) is 0 Å². The Morgan fingerprint density at radius 3 is 2.71 bits per heavy atom. The van der Waals surface area contributed by atoms with Gasteiger partial charge in [-0.15, -0.1) is 0 Å². The summed E-state index contributed by atoms with van der Waals surface area (Å²) in [7, 11) is 2.04. The highest BCUT2D eigenvalue weighted by Gasteiger charge is 2.27. The van der Waals surface area contributed by atoms with E-state index in [1.54, 1.807) is 0 Å². The van der Waals surface area contributed by atoms with E-state index in [0.717, 1.165) is 18.5 Å². The number of hydrogen-bond donors (Lipinski definition) is 2. The molecule has 1 aromatic rings. The minimum Gasteiger partial charge on any atom is -0.351 e. The second kappa shape index (κ2) is 8.15. The Morgan fingerprint density at radius 1 is 1.29 bits per heavy atom. The van der Waals surface area contributed by atoms with E-state index in [1.807, 2.05) is 37.4 Å². The number of likely N-dealkylation sites (N-methyl/N-ethyl adjacent to an activating group) is 1. The molecule has 1 aliphatic rings. The first-order chi connectivity index (χ1) is 10.2. The van der Waals surface area contributed by atoms with Crippen LogP contribution in [0.5, 0.6) is 0 Å². The second-order valence-electron chi connectivity index (χ2n) is 6.03. The summed E-state index contributed by atoms with van der Waals surface area (Å²) in [6.07, 6.45) is 4.87. The summed E-state index contributed by atoms with van der Waals surface area (Å²) >= 11 is 0. The average molecular weight is 289 g/mol. The van der Waals surface area contributed by atoms with Crippen LogP contribution in [0.15, 0.2) is 30.3 Å². The summed E-state index contributed by atoms with van der Waals surface area (Å²) < 4.78 is 0. The van der Waals surface area contributed by atoms with Crippen molar-refractivity contribution in [1.29, 1.82) is 0 Å². The Kier molecular flexibility index (Phi) is 6.21. The van der Waals surface area contributed by atoms with Crippen LogP contribution >= 0.6 is 0 Å². The predicted octanol–water partition coefficient (Wildman–Crippen LogP) is 1.75. The highest BCUT2D eigenvalue weighted by atomic mass is 16.2. The van der Waals surface area contributed by atoms with Crippen LogP contribution < -0.4 is 11.1 Å². The number of amides is 1. The van der Waals surface area contributed by atoms with Crippen LogP contribution in [0.3, 0.4) is 0 Å². The van der Waals surface area contributed by atoms with Crippen molar-refractivity contribution >= 4 is 5.91 Å². The molecule has 116 valence electrons. The first kappa shape index (κ1) is 16.0. The molecule has 1 amide bonds. The van der Waals surface area contributed by atoms with E-state index in [4.69, 9.17) is 5.73 Å². The Balaban J connectivity index is 1.78. The van der Waals surface area contributed by atoms with E-state index in [0.29, 0.717) is 25.0 Å². The first-order valence-electron chi connectivity index (χ1n) is 7.91. The van der Waals surface area contributed by atoms with E-state index in [2.05, 4.69) is 10.2 Å². The monoisotopic (exact) mass is 289 g/mol. The second-order valence-corrected chi connectivity index (χ2v) is 6.03. The normalized spacial score (nSPS) is 22.2. The maximum atomic E-state index is 12.1. The molecule has 1 aliphatic carbocycles. The average Bonchev–Trinajstić information content (AvgIpc) is 2.53. The lowest BCUT2D eigenvalue weighted by atomic mass is 9.84. The van der Waals surface area contributed by atoms with Crippen LogP contribution in [-0.4, -0.2) is 37.0 Å². The quantitative estimate of drug-likeness (QED) is 0.839. The van der Waals surface area contributed by atoms with Gasteiger partial charge in [-0.05, 0) is 37.9 Å². The van der Waals surface area contributed by atoms with Crippen molar-refractivity contribution in [3.05, 3.63) is 35.9 Å². The van der Waals surface area contributed by atoms with E-state index < -0.39 is 0 Å². The highest BCUT2D eigenvalue weighted by Crippen LogP contribution is 2.26. The summed E-state index contributed by atoms with van der Waals surface area (Å²) in [4.78, 5) is 14.3. The van der Waals surface area contributed by atoms with Crippen molar-refractivity contribution in [3.63, 3.8) is 0 Å². The molecule has 2 rings (SSSR count). The fourth-order valence-electron chi connectivity index (χ4n) is 3.24. The molecule has 4 nitrogen and oxygen atoms in total. The molecule has 1 saturated carbocycles. The summed E-state index contributed by atoms with van der Waals surface area (Å²) in [5, 5.41) is 2.99. The molecule has 1 fully saturated rings. The van der Waals surface area contributed by atoms with Crippen molar-refractivity contribution < 1.29 is 4.79 Å². The number of carbonyl (C=O) groups excluding carboxylic acids is 1. The largest absolute Gasteiger partial charge is 0.351 e. The van der Waals surface area contributed by atoms with Crippen LogP contribution in [0.1, 0.15) is 31.2 Å². The van der Waals surface area contributed by atoms with Gasteiger partial charge in [0.05, 0.1) is 6.54 Å². The van der Waals surface area contributed by atoms with E-state index >= 15 is 0 Å². The van der Waals surface area contributed by atoms with Crippen molar-refractivity contribution in [2.45, 2.75) is 38.3 Å². The van der Waals surface area contributed by atoms with E-state index in [-0.39, 0.29) is 5.91 Å². The molecule has 0 bridgehead atoms. The first-order valence-corrected chi connectivity index (χ1v) is 7.91. The van der Waals surface area contributed by atoms with Gasteiger partial charge in [0, 0.05) is 12.6 Å². The third-order valence-corrected chi connectivity index (χ3v) is 4.46. The van der Waals surface area contributed by atoms with Gasteiger partial charge in [-0.2, -0.15) is 0 Å². The SMILES string of the molecule is CN(CC(=O)NCc1ccccc1)C1CCCCC1CN. The van der Waals surface area contributed by atoms with E-state index in [1.165, 1.54) is 19.3 Å². The minimum absolute atomic E-state index is 0.0858. The topological polar surface area (TPSA) is 58.4 Å². The summed E-state index contributed by atoms with van der Waals surface area (Å²) in [5.74, 6) is 0.619. The van der Waals surface area contributed by atoms with Gasteiger partial charge < -0.3 is 11.1 Å².